The molecule has 0 saturated heterocycles. The average Bonchev–Trinajstić information content (AvgIpc) is 3.35. The third kappa shape index (κ3) is 5.45. The van der Waals surface area contributed by atoms with Crippen LogP contribution in [0.5, 0.6) is 5.75 Å². The SMILES string of the molecule is C=CCCC(=O)N1Cc2c(O)c(C(=O)NCC(=O)O)c(=O)n(Cc3cccc(-c4ccccc4)c3)c2C1. The van der Waals surface area contributed by atoms with Crippen molar-refractivity contribution in [3.8, 4) is 16.9 Å². The first-order chi connectivity index (χ1) is 17.8. The van der Waals surface area contributed by atoms with Crippen LogP contribution in [0.15, 0.2) is 72.0 Å². The number of nitrogens with one attached hydrogen (secondary N) is 1. The van der Waals surface area contributed by atoms with Gasteiger partial charge in [0, 0.05) is 17.7 Å². The Morgan fingerprint density at radius 1 is 1.03 bits per heavy atom. The highest BCUT2D eigenvalue weighted by molar-refractivity contribution is 5.98. The maximum absolute atomic E-state index is 13.5. The molecule has 1 aliphatic rings. The second-order valence-corrected chi connectivity index (χ2v) is 8.76. The number of carbonyl (C=O) groups is 3. The number of carboxylic acids is 1. The van der Waals surface area contributed by atoms with E-state index < -0.39 is 35.3 Å². The van der Waals surface area contributed by atoms with Gasteiger partial charge in [-0.05, 0) is 29.2 Å². The molecule has 9 heteroatoms. The highest BCUT2D eigenvalue weighted by Gasteiger charge is 2.33. The molecular formula is C28H27N3O6. The number of nitrogens with zero attached hydrogens (tertiary/aromatic N) is 2. The molecule has 190 valence electrons. The zero-order chi connectivity index (χ0) is 26.5. The predicted molar refractivity (Wildman–Crippen MR) is 137 cm³/mol. The number of allylic oxidation sites excluding steroid dienone is 1. The number of aliphatic carboxylic acids is 1. The Morgan fingerprint density at radius 2 is 1.76 bits per heavy atom. The molecule has 0 spiro atoms. The van der Waals surface area contributed by atoms with Crippen molar-refractivity contribution in [1.29, 1.82) is 0 Å². The predicted octanol–water partition coefficient (Wildman–Crippen LogP) is 2.89. The van der Waals surface area contributed by atoms with Crippen molar-refractivity contribution in [1.82, 2.24) is 14.8 Å². The first kappa shape index (κ1) is 25.4. The number of rotatable bonds is 9. The van der Waals surface area contributed by atoms with Crippen LogP contribution in [0.2, 0.25) is 0 Å². The fourth-order valence-electron chi connectivity index (χ4n) is 4.42. The highest BCUT2D eigenvalue weighted by Crippen LogP contribution is 2.32. The topological polar surface area (TPSA) is 129 Å². The fourth-order valence-corrected chi connectivity index (χ4v) is 4.42. The van der Waals surface area contributed by atoms with Gasteiger partial charge < -0.3 is 25.0 Å². The smallest absolute Gasteiger partial charge is 0.322 e. The average molecular weight is 502 g/mol. The molecule has 0 aliphatic carbocycles. The van der Waals surface area contributed by atoms with E-state index in [1.165, 1.54) is 9.47 Å². The zero-order valence-corrected chi connectivity index (χ0v) is 20.1. The summed E-state index contributed by atoms with van der Waals surface area (Å²) < 4.78 is 1.38. The molecule has 2 amide bonds. The van der Waals surface area contributed by atoms with Crippen LogP contribution in [-0.2, 0) is 29.2 Å². The maximum atomic E-state index is 13.5. The molecule has 2 heterocycles. The summed E-state index contributed by atoms with van der Waals surface area (Å²) in [5, 5.41) is 22.0. The number of fused-ring (bicyclic) bond motifs is 1. The van der Waals surface area contributed by atoms with E-state index in [1.54, 1.807) is 6.08 Å². The molecule has 0 unspecified atom stereocenters. The molecule has 3 aromatic rings. The second-order valence-electron chi connectivity index (χ2n) is 8.76. The third-order valence-electron chi connectivity index (χ3n) is 6.26. The Bertz CT molecular complexity index is 1430. The second kappa shape index (κ2) is 10.9. The number of amides is 2. The van der Waals surface area contributed by atoms with E-state index in [-0.39, 0.29) is 32.0 Å². The molecule has 0 fully saturated rings. The molecule has 1 aliphatic heterocycles. The van der Waals surface area contributed by atoms with Crippen molar-refractivity contribution in [2.24, 2.45) is 0 Å². The van der Waals surface area contributed by atoms with Gasteiger partial charge in [0.2, 0.25) is 5.91 Å². The summed E-state index contributed by atoms with van der Waals surface area (Å²) in [7, 11) is 0. The van der Waals surface area contributed by atoms with Crippen LogP contribution in [0.1, 0.15) is 40.0 Å². The van der Waals surface area contributed by atoms with E-state index in [9.17, 15) is 24.3 Å². The lowest BCUT2D eigenvalue weighted by molar-refractivity contribution is -0.136. The van der Waals surface area contributed by atoms with Crippen LogP contribution in [0.25, 0.3) is 11.1 Å². The van der Waals surface area contributed by atoms with Gasteiger partial charge in [0.15, 0.2) is 0 Å². The lowest BCUT2D eigenvalue weighted by Crippen LogP contribution is -2.37. The van der Waals surface area contributed by atoms with Crippen molar-refractivity contribution in [2.45, 2.75) is 32.5 Å². The van der Waals surface area contributed by atoms with Crippen LogP contribution >= 0.6 is 0 Å². The van der Waals surface area contributed by atoms with Crippen LogP contribution in [0.4, 0.5) is 0 Å². The lowest BCUT2D eigenvalue weighted by Gasteiger charge is -2.17. The lowest BCUT2D eigenvalue weighted by atomic mass is 10.0. The number of carbonyl (C=O) groups excluding carboxylic acids is 2. The molecule has 9 nitrogen and oxygen atoms in total. The van der Waals surface area contributed by atoms with Gasteiger partial charge in [0.1, 0.15) is 17.9 Å². The number of benzene rings is 2. The molecule has 0 bridgehead atoms. The molecule has 4 rings (SSSR count). The number of hydrogen-bond acceptors (Lipinski definition) is 5. The Kier molecular flexibility index (Phi) is 7.52. The molecular weight excluding hydrogens is 474 g/mol. The molecule has 0 saturated carbocycles. The Labute approximate surface area is 213 Å². The summed E-state index contributed by atoms with van der Waals surface area (Å²) in [6.45, 7) is 3.15. The number of pyridine rings is 1. The summed E-state index contributed by atoms with van der Waals surface area (Å²) in [4.78, 5) is 51.4. The minimum absolute atomic E-state index is 0.0285. The molecule has 0 radical (unpaired) electrons. The summed E-state index contributed by atoms with van der Waals surface area (Å²) >= 11 is 0. The summed E-state index contributed by atoms with van der Waals surface area (Å²) in [5.74, 6) is -2.98. The minimum atomic E-state index is -1.29. The molecule has 2 aromatic carbocycles. The molecule has 37 heavy (non-hydrogen) atoms. The molecule has 0 atom stereocenters. The van der Waals surface area contributed by atoms with E-state index in [0.717, 1.165) is 16.7 Å². The normalized spacial score (nSPS) is 12.2. The molecule has 1 aromatic heterocycles. The van der Waals surface area contributed by atoms with E-state index in [4.69, 9.17) is 5.11 Å². The summed E-state index contributed by atoms with van der Waals surface area (Å²) in [6.07, 6.45) is 2.35. The fraction of sp³-hybridized carbons (Fsp3) is 0.214. The number of aromatic hydroxyl groups is 1. The number of aromatic nitrogens is 1. The summed E-state index contributed by atoms with van der Waals surface area (Å²) in [6, 6.07) is 17.3. The van der Waals surface area contributed by atoms with Gasteiger partial charge in [-0.3, -0.25) is 19.2 Å². The Hall–Kier alpha value is -4.66. The van der Waals surface area contributed by atoms with Gasteiger partial charge in [-0.1, -0.05) is 54.6 Å². The van der Waals surface area contributed by atoms with E-state index >= 15 is 0 Å². The maximum Gasteiger partial charge on any atom is 0.322 e. The number of hydrogen-bond donors (Lipinski definition) is 3. The zero-order valence-electron chi connectivity index (χ0n) is 20.1. The monoisotopic (exact) mass is 501 g/mol. The van der Waals surface area contributed by atoms with E-state index in [2.05, 4.69) is 11.9 Å². The minimum Gasteiger partial charge on any atom is -0.506 e. The van der Waals surface area contributed by atoms with Crippen molar-refractivity contribution >= 4 is 17.8 Å². The van der Waals surface area contributed by atoms with Crippen LogP contribution < -0.4 is 10.9 Å². The van der Waals surface area contributed by atoms with E-state index in [1.807, 2.05) is 54.6 Å². The largest absolute Gasteiger partial charge is 0.506 e. The van der Waals surface area contributed by atoms with E-state index in [0.29, 0.717) is 17.7 Å². The van der Waals surface area contributed by atoms with Gasteiger partial charge in [-0.15, -0.1) is 6.58 Å². The number of carboxylic acid groups (broad SMARTS) is 1. The van der Waals surface area contributed by atoms with Gasteiger partial charge in [-0.25, -0.2) is 0 Å². The van der Waals surface area contributed by atoms with Gasteiger partial charge in [-0.2, -0.15) is 0 Å². The summed E-state index contributed by atoms with van der Waals surface area (Å²) in [5.41, 5.74) is 2.16. The van der Waals surface area contributed by atoms with Gasteiger partial charge in [0.25, 0.3) is 11.5 Å². The van der Waals surface area contributed by atoms with Gasteiger partial charge in [0.05, 0.1) is 19.6 Å². The van der Waals surface area contributed by atoms with Crippen molar-refractivity contribution in [2.75, 3.05) is 6.54 Å². The van der Waals surface area contributed by atoms with Crippen LogP contribution in [-0.4, -0.2) is 44.0 Å². The van der Waals surface area contributed by atoms with Crippen molar-refractivity contribution < 1.29 is 24.6 Å². The molecule has 3 N–H and O–H groups in total. The van der Waals surface area contributed by atoms with Crippen LogP contribution in [0.3, 0.4) is 0 Å². The first-order valence-electron chi connectivity index (χ1n) is 11.8. The Balaban J connectivity index is 1.77. The quantitative estimate of drug-likeness (QED) is 0.387. The van der Waals surface area contributed by atoms with Crippen LogP contribution in [0, 0.1) is 0 Å². The third-order valence-corrected chi connectivity index (χ3v) is 6.26. The van der Waals surface area contributed by atoms with Gasteiger partial charge >= 0.3 is 5.97 Å². The van der Waals surface area contributed by atoms with Crippen molar-refractivity contribution in [3.63, 3.8) is 0 Å². The van der Waals surface area contributed by atoms with Crippen molar-refractivity contribution in [3.05, 3.63) is 100.0 Å². The standard InChI is InChI=1S/C28H27N3O6/c1-2-3-12-23(32)30-16-21-22(17-30)31(28(37)25(26(21)35)27(36)29-14-24(33)34)15-18-8-7-11-20(13-18)19-9-5-4-6-10-19/h2,4-11,13,35H,1,3,12,14-17H2,(H,29,36)(H,33,34). The Morgan fingerprint density at radius 3 is 2.46 bits per heavy atom. The highest BCUT2D eigenvalue weighted by atomic mass is 16.4. The first-order valence-corrected chi connectivity index (χ1v) is 11.8.